The Morgan fingerprint density at radius 2 is 1.03 bits per heavy atom. The van der Waals surface area contributed by atoms with Gasteiger partial charge in [0.25, 0.3) is 23.6 Å². The van der Waals surface area contributed by atoms with E-state index in [0.717, 1.165) is 57.2 Å². The number of hydrogen-bond donors (Lipinski definition) is 2. The van der Waals surface area contributed by atoms with E-state index in [9.17, 15) is 69.5 Å². The van der Waals surface area contributed by atoms with E-state index in [1.54, 1.807) is 13.8 Å². The first-order valence-corrected chi connectivity index (χ1v) is 37.3. The van der Waals surface area contributed by atoms with Gasteiger partial charge in [0.05, 0.1) is 59.4 Å². The number of carboxylic acid groups (broad SMARTS) is 2. The number of para-hydroxylation sites is 1. The average molecular weight is 1610 g/mol. The third kappa shape index (κ3) is 17.6. The topological polar surface area (TPSA) is 266 Å². The summed E-state index contributed by atoms with van der Waals surface area (Å²) in [6, 6.07) is 10.6. The van der Waals surface area contributed by atoms with Crippen molar-refractivity contribution in [1.29, 1.82) is 10.5 Å². The summed E-state index contributed by atoms with van der Waals surface area (Å²) in [7, 11) is 0. The molecular formula is C75H74F14N8O12S2. The quantitative estimate of drug-likeness (QED) is 0.0377. The summed E-state index contributed by atoms with van der Waals surface area (Å²) >= 11 is 0.430. The van der Waals surface area contributed by atoms with Crippen molar-refractivity contribution in [1.82, 2.24) is 29.6 Å². The van der Waals surface area contributed by atoms with Gasteiger partial charge in [-0.3, -0.25) is 33.8 Å². The van der Waals surface area contributed by atoms with Crippen LogP contribution in [0.15, 0.2) is 83.8 Å². The van der Waals surface area contributed by atoms with Crippen LogP contribution in [0.3, 0.4) is 0 Å². The van der Waals surface area contributed by atoms with Gasteiger partial charge in [0.15, 0.2) is 23.1 Å². The number of likely N-dealkylation sites (tertiary alicyclic amines) is 4. The molecule has 4 aromatic heterocycles. The average Bonchev–Trinajstić information content (AvgIpc) is 1.45. The number of unbranched alkanes of at least 4 members (excludes halogenated alkanes) is 1. The van der Waals surface area contributed by atoms with Gasteiger partial charge in [-0.25, -0.2) is 13.8 Å². The fraction of sp³-hybridized carbons (Fsp3) is 0.493. The number of carbonyl (C=O) groups is 6. The standard InChI is InChI=1S/C75H74F14N8O12S2/c1-3-12-53-70(108-45-37-55(110-40-45)74(84,85)86,21-10-28-96(53)64(102)60-48(72(78,79)80)15-8-27-92-60)66(104)95-32-25-69(43-91,26-33-95)50-20-19-47(59(77)63(50)107-35-9-18-58(100)101)44-36-51(73(81,82)83)61(93-39-44)65(103)97-29-11-22-71(54(97)13-4-2,109-46-38-56(111-41-46)75(87,88)89)67(105)94-30-23-68(42-90,24-31-94)49-14-7-16-52(76)62(49)106-34-6-5-17-57(98)99/h7-8,14-16,19-20,27,36-41,53-54H,3-6,9-13,17-18,21-26,28-35H2,1-2H3,(H,98,99)(H,100,101). The van der Waals surface area contributed by atoms with Crippen LogP contribution in [0.2, 0.25) is 0 Å². The second kappa shape index (κ2) is 33.6. The van der Waals surface area contributed by atoms with Crippen molar-refractivity contribution in [3.63, 3.8) is 0 Å². The smallest absolute Gasteiger partial charge is 0.425 e. The van der Waals surface area contributed by atoms with Gasteiger partial charge in [-0.2, -0.15) is 63.2 Å². The second-order valence-corrected chi connectivity index (χ2v) is 29.4. The molecule has 4 aliphatic rings. The lowest BCUT2D eigenvalue weighted by atomic mass is 9.72. The number of nitriles is 2. The number of aliphatic carboxylic acids is 2. The molecule has 0 aliphatic carbocycles. The van der Waals surface area contributed by atoms with Crippen LogP contribution in [-0.4, -0.2) is 151 Å². The fourth-order valence-corrected chi connectivity index (χ4v) is 16.6. The Labute approximate surface area is 634 Å². The van der Waals surface area contributed by atoms with Crippen LogP contribution in [0, 0.1) is 34.3 Å². The molecule has 0 radical (unpaired) electrons. The van der Waals surface area contributed by atoms with Gasteiger partial charge in [-0.05, 0) is 94.9 Å². The molecule has 4 unspecified atom stereocenters. The van der Waals surface area contributed by atoms with Crippen molar-refractivity contribution >= 4 is 58.2 Å². The predicted molar refractivity (Wildman–Crippen MR) is 369 cm³/mol. The molecule has 20 nitrogen and oxygen atoms in total. The minimum absolute atomic E-state index is 0.0802. The predicted octanol–water partition coefficient (Wildman–Crippen LogP) is 16.1. The number of halogens is 14. The van der Waals surface area contributed by atoms with E-state index < -0.39 is 206 Å². The van der Waals surface area contributed by atoms with Gasteiger partial charge in [0.1, 0.15) is 32.6 Å². The molecule has 4 saturated heterocycles. The van der Waals surface area contributed by atoms with E-state index in [1.807, 2.05) is 0 Å². The number of thiophene rings is 2. The number of piperidine rings is 4. The van der Waals surface area contributed by atoms with Crippen LogP contribution in [0.1, 0.15) is 176 Å². The van der Waals surface area contributed by atoms with Crippen molar-refractivity contribution < 1.29 is 119 Å². The largest absolute Gasteiger partial charge is 0.490 e. The Morgan fingerprint density at radius 1 is 0.559 bits per heavy atom. The molecule has 10 rings (SSSR count). The maximum absolute atomic E-state index is 17.9. The first kappa shape index (κ1) is 83.6. The highest BCUT2D eigenvalue weighted by atomic mass is 32.1. The lowest BCUT2D eigenvalue weighted by molar-refractivity contribution is -0.161. The number of benzene rings is 2. The fourth-order valence-electron chi connectivity index (χ4n) is 15.2. The lowest BCUT2D eigenvalue weighted by Gasteiger charge is -2.51. The van der Waals surface area contributed by atoms with Gasteiger partial charge in [0.2, 0.25) is 11.2 Å². The number of carboxylic acids is 2. The molecule has 4 aliphatic heterocycles. The van der Waals surface area contributed by atoms with Crippen LogP contribution in [0.4, 0.5) is 61.5 Å². The molecule has 596 valence electrons. The van der Waals surface area contributed by atoms with Crippen molar-refractivity contribution in [2.45, 2.75) is 182 Å². The maximum atomic E-state index is 17.9. The zero-order valence-corrected chi connectivity index (χ0v) is 61.2. The summed E-state index contributed by atoms with van der Waals surface area (Å²) in [6.45, 7) is 0.395. The number of hydrogen-bond acceptors (Lipinski definition) is 16. The third-order valence-corrected chi connectivity index (χ3v) is 22.5. The molecule has 2 aromatic carbocycles. The molecule has 36 heteroatoms. The van der Waals surface area contributed by atoms with Crippen LogP contribution in [0.5, 0.6) is 23.0 Å². The zero-order valence-electron chi connectivity index (χ0n) is 59.6. The summed E-state index contributed by atoms with van der Waals surface area (Å²) in [6.07, 6.45) is -21.8. The summed E-state index contributed by atoms with van der Waals surface area (Å²) in [5.74, 6) is -11.2. The van der Waals surface area contributed by atoms with Crippen molar-refractivity contribution in [2.24, 2.45) is 0 Å². The number of amides is 4. The molecule has 0 saturated carbocycles. The summed E-state index contributed by atoms with van der Waals surface area (Å²) in [5.41, 5.74) is -15.1. The maximum Gasteiger partial charge on any atom is 0.425 e. The lowest BCUT2D eigenvalue weighted by Crippen LogP contribution is -2.68. The number of aromatic nitrogens is 2. The monoisotopic (exact) mass is 1610 g/mol. The number of ether oxygens (including phenoxy) is 4. The van der Waals surface area contributed by atoms with Gasteiger partial charge in [-0.15, -0.1) is 22.7 Å². The number of alkyl halides is 12. The number of rotatable bonds is 26. The van der Waals surface area contributed by atoms with Crippen LogP contribution in [-0.2, 0) is 54.7 Å². The third-order valence-electron chi connectivity index (χ3n) is 20.6. The van der Waals surface area contributed by atoms with Crippen molar-refractivity contribution in [3.05, 3.63) is 139 Å². The summed E-state index contributed by atoms with van der Waals surface area (Å²) in [4.78, 5) is 93.5. The van der Waals surface area contributed by atoms with E-state index in [2.05, 4.69) is 22.1 Å². The van der Waals surface area contributed by atoms with E-state index in [0.29, 0.717) is 24.3 Å². The minimum Gasteiger partial charge on any atom is -0.490 e. The highest BCUT2D eigenvalue weighted by Crippen LogP contribution is 2.50. The molecule has 0 bridgehead atoms. The Morgan fingerprint density at radius 3 is 1.49 bits per heavy atom. The number of pyridine rings is 2. The normalized spacial score (nSPS) is 20.2. The molecule has 8 heterocycles. The number of carbonyl (C=O) groups excluding carboxylic acids is 4. The first-order valence-electron chi connectivity index (χ1n) is 35.6. The molecule has 4 atom stereocenters. The Hall–Kier alpha value is -9.84. The Balaban J connectivity index is 0.974. The highest BCUT2D eigenvalue weighted by molar-refractivity contribution is 7.10. The molecule has 0 spiro atoms. The zero-order chi connectivity index (χ0) is 80.8. The first-order chi connectivity index (χ1) is 52.4. The SMILES string of the molecule is CCCC1N(C(=O)c2ncc(-c3ccc(C4(C#N)CCN(C(=O)C5(Oc6csc(C(F)(F)F)c6)CCCN(C(=O)c6ncccc6C(F)(F)F)C5CCC)CC4)c(OCCCC(=O)O)c3F)cc2C(F)(F)F)CCCC1(Oc1csc(C(F)(F)F)c1)C(=O)N1CCC(C#N)(c2cccc(F)c2OCCCCC(=O)O)CC1. The van der Waals surface area contributed by atoms with Gasteiger partial charge >= 0.3 is 36.6 Å². The molecule has 2 N–H and O–H groups in total. The Bertz CT molecular complexity index is 4520. The van der Waals surface area contributed by atoms with E-state index in [4.69, 9.17) is 24.1 Å². The van der Waals surface area contributed by atoms with Crippen molar-refractivity contribution in [2.75, 3.05) is 52.5 Å². The minimum atomic E-state index is -5.51. The Kier molecular flexibility index (Phi) is 25.3. The highest BCUT2D eigenvalue weighted by Gasteiger charge is 2.60. The van der Waals surface area contributed by atoms with E-state index in [-0.39, 0.29) is 162 Å². The van der Waals surface area contributed by atoms with Gasteiger partial charge in [0, 0.05) is 122 Å². The molecule has 4 fully saturated rings. The number of nitrogens with zero attached hydrogens (tertiary/aromatic N) is 8. The molecular weight excluding hydrogens is 1530 g/mol. The second-order valence-electron chi connectivity index (χ2n) is 27.5. The van der Waals surface area contributed by atoms with Gasteiger partial charge in [-0.1, -0.05) is 51.0 Å². The van der Waals surface area contributed by atoms with E-state index in [1.165, 1.54) is 21.9 Å². The summed E-state index contributed by atoms with van der Waals surface area (Å²) in [5, 5.41) is 42.6. The van der Waals surface area contributed by atoms with Crippen molar-refractivity contribution in [3.8, 4) is 46.3 Å². The molecule has 4 amide bonds. The van der Waals surface area contributed by atoms with Crippen LogP contribution < -0.4 is 18.9 Å². The van der Waals surface area contributed by atoms with E-state index >= 15 is 36.3 Å². The molecule has 6 aromatic rings. The van der Waals surface area contributed by atoms with Crippen LogP contribution in [0.25, 0.3) is 11.1 Å². The summed E-state index contributed by atoms with van der Waals surface area (Å²) < 4.78 is 234. The van der Waals surface area contributed by atoms with Crippen LogP contribution >= 0.6 is 22.7 Å². The van der Waals surface area contributed by atoms with Gasteiger partial charge < -0.3 is 48.8 Å². The molecule has 111 heavy (non-hydrogen) atoms.